The first-order chi connectivity index (χ1) is 7.27. The Kier molecular flexibility index (Phi) is 2.53. The highest BCUT2D eigenvalue weighted by molar-refractivity contribution is 5.94. The zero-order chi connectivity index (χ0) is 10.7. The lowest BCUT2D eigenvalue weighted by Crippen LogP contribution is -2.22. The van der Waals surface area contributed by atoms with Gasteiger partial charge in [0.25, 0.3) is 5.91 Å². The molecule has 5 heteroatoms. The van der Waals surface area contributed by atoms with E-state index in [0.717, 1.165) is 0 Å². The maximum absolute atomic E-state index is 11.6. The number of amides is 1. The molecule has 1 N–H and O–H groups in total. The summed E-state index contributed by atoms with van der Waals surface area (Å²) in [4.78, 5) is 11.6. The summed E-state index contributed by atoms with van der Waals surface area (Å²) in [5.41, 5.74) is 0.446. The lowest BCUT2D eigenvalue weighted by molar-refractivity contribution is 0.0946. The van der Waals surface area contributed by atoms with Gasteiger partial charge >= 0.3 is 0 Å². The summed E-state index contributed by atoms with van der Waals surface area (Å²) < 4.78 is 9.87. The number of nitrogens with one attached hydrogen (secondary N) is 1. The number of furan rings is 1. The van der Waals surface area contributed by atoms with Crippen LogP contribution in [-0.4, -0.2) is 11.1 Å². The van der Waals surface area contributed by atoms with Crippen LogP contribution >= 0.6 is 0 Å². The standard InChI is InChI=1S/C10H10N2O3/c1-7-9(6-12-15-7)10(13)11-5-8-3-2-4-14-8/h2-4,6H,5H2,1H3,(H,11,13). The van der Waals surface area contributed by atoms with Crippen molar-refractivity contribution < 1.29 is 13.7 Å². The first kappa shape index (κ1) is 9.51. The summed E-state index contributed by atoms with van der Waals surface area (Å²) in [7, 11) is 0. The van der Waals surface area contributed by atoms with Crippen LogP contribution in [0, 0.1) is 6.92 Å². The Balaban J connectivity index is 1.96. The van der Waals surface area contributed by atoms with E-state index in [-0.39, 0.29) is 5.91 Å². The molecule has 1 amide bonds. The summed E-state index contributed by atoms with van der Waals surface area (Å²) in [6, 6.07) is 3.56. The monoisotopic (exact) mass is 206 g/mol. The molecular weight excluding hydrogens is 196 g/mol. The van der Waals surface area contributed by atoms with Gasteiger partial charge in [-0.15, -0.1) is 0 Å². The van der Waals surface area contributed by atoms with Gasteiger partial charge < -0.3 is 14.3 Å². The average Bonchev–Trinajstić information content (AvgIpc) is 2.84. The van der Waals surface area contributed by atoms with Crippen molar-refractivity contribution in [3.63, 3.8) is 0 Å². The first-order valence-corrected chi connectivity index (χ1v) is 4.49. The number of hydrogen-bond acceptors (Lipinski definition) is 4. The van der Waals surface area contributed by atoms with Crippen molar-refractivity contribution in [2.24, 2.45) is 0 Å². The van der Waals surface area contributed by atoms with Gasteiger partial charge in [0, 0.05) is 0 Å². The summed E-state index contributed by atoms with van der Waals surface area (Å²) in [5.74, 6) is 0.995. The molecular formula is C10H10N2O3. The van der Waals surface area contributed by atoms with E-state index in [1.54, 1.807) is 25.3 Å². The topological polar surface area (TPSA) is 68.3 Å². The minimum absolute atomic E-state index is 0.217. The highest BCUT2D eigenvalue weighted by atomic mass is 16.5. The summed E-state index contributed by atoms with van der Waals surface area (Å²) in [6.45, 7) is 2.05. The molecule has 0 unspecified atom stereocenters. The largest absolute Gasteiger partial charge is 0.467 e. The second-order valence-electron chi connectivity index (χ2n) is 3.06. The van der Waals surface area contributed by atoms with Crippen LogP contribution in [0.1, 0.15) is 21.9 Å². The highest BCUT2D eigenvalue weighted by Gasteiger charge is 2.12. The van der Waals surface area contributed by atoms with E-state index in [2.05, 4.69) is 10.5 Å². The van der Waals surface area contributed by atoms with Crippen LogP contribution in [0.3, 0.4) is 0 Å². The Bertz CT molecular complexity index is 445. The molecule has 0 saturated heterocycles. The quantitative estimate of drug-likeness (QED) is 0.826. The molecule has 2 aromatic rings. The molecule has 0 bridgehead atoms. The van der Waals surface area contributed by atoms with Crippen LogP contribution in [0.15, 0.2) is 33.5 Å². The fourth-order valence-corrected chi connectivity index (χ4v) is 1.19. The molecule has 2 aromatic heterocycles. The second-order valence-corrected chi connectivity index (χ2v) is 3.06. The molecule has 78 valence electrons. The Morgan fingerprint density at radius 2 is 2.47 bits per heavy atom. The van der Waals surface area contributed by atoms with Gasteiger partial charge in [0.2, 0.25) is 0 Å². The van der Waals surface area contributed by atoms with Gasteiger partial charge in [0.05, 0.1) is 19.0 Å². The predicted octanol–water partition coefficient (Wildman–Crippen LogP) is 1.51. The smallest absolute Gasteiger partial charge is 0.256 e. The molecule has 0 aliphatic rings. The van der Waals surface area contributed by atoms with Crippen LogP contribution in [0.5, 0.6) is 0 Å². The fraction of sp³-hybridized carbons (Fsp3) is 0.200. The zero-order valence-electron chi connectivity index (χ0n) is 8.19. The van der Waals surface area contributed by atoms with Crippen LogP contribution < -0.4 is 5.32 Å². The number of hydrogen-bond donors (Lipinski definition) is 1. The Hall–Kier alpha value is -2.04. The van der Waals surface area contributed by atoms with Gasteiger partial charge in [0.15, 0.2) is 0 Å². The molecule has 0 atom stereocenters. The van der Waals surface area contributed by atoms with Crippen LogP contribution in [0.4, 0.5) is 0 Å². The molecule has 0 aliphatic carbocycles. The average molecular weight is 206 g/mol. The van der Waals surface area contributed by atoms with Gasteiger partial charge in [-0.2, -0.15) is 0 Å². The minimum atomic E-state index is -0.217. The molecule has 2 heterocycles. The van der Waals surface area contributed by atoms with E-state index >= 15 is 0 Å². The Morgan fingerprint density at radius 1 is 1.60 bits per heavy atom. The molecule has 0 aromatic carbocycles. The van der Waals surface area contributed by atoms with Gasteiger partial charge in [-0.05, 0) is 19.1 Å². The van der Waals surface area contributed by atoms with E-state index < -0.39 is 0 Å². The van der Waals surface area contributed by atoms with Crippen molar-refractivity contribution in [1.82, 2.24) is 10.5 Å². The molecule has 0 fully saturated rings. The number of aromatic nitrogens is 1. The predicted molar refractivity (Wildman–Crippen MR) is 51.1 cm³/mol. The van der Waals surface area contributed by atoms with Crippen LogP contribution in [0.25, 0.3) is 0 Å². The SMILES string of the molecule is Cc1oncc1C(=O)NCc1ccco1. The van der Waals surface area contributed by atoms with E-state index in [0.29, 0.717) is 23.6 Å². The lowest BCUT2D eigenvalue weighted by atomic mass is 10.2. The number of carbonyl (C=O) groups is 1. The van der Waals surface area contributed by atoms with Gasteiger partial charge in [-0.25, -0.2) is 0 Å². The maximum atomic E-state index is 11.6. The maximum Gasteiger partial charge on any atom is 0.256 e. The van der Waals surface area contributed by atoms with E-state index in [1.807, 2.05) is 0 Å². The number of carbonyl (C=O) groups excluding carboxylic acids is 1. The van der Waals surface area contributed by atoms with Crippen molar-refractivity contribution in [1.29, 1.82) is 0 Å². The third kappa shape index (κ3) is 2.07. The molecule has 15 heavy (non-hydrogen) atoms. The molecule has 5 nitrogen and oxygen atoms in total. The van der Waals surface area contributed by atoms with Gasteiger partial charge in [-0.3, -0.25) is 4.79 Å². The highest BCUT2D eigenvalue weighted by Crippen LogP contribution is 2.06. The number of nitrogens with zero attached hydrogens (tertiary/aromatic N) is 1. The second kappa shape index (κ2) is 4.00. The molecule has 0 aliphatic heterocycles. The van der Waals surface area contributed by atoms with Gasteiger partial charge in [-0.1, -0.05) is 5.16 Å². The van der Waals surface area contributed by atoms with Crippen molar-refractivity contribution in [2.45, 2.75) is 13.5 Å². The summed E-state index contributed by atoms with van der Waals surface area (Å²) in [5, 5.41) is 6.22. The van der Waals surface area contributed by atoms with Crippen LogP contribution in [-0.2, 0) is 6.54 Å². The fourth-order valence-electron chi connectivity index (χ4n) is 1.19. The third-order valence-corrected chi connectivity index (χ3v) is 2.00. The van der Waals surface area contributed by atoms with Crippen molar-refractivity contribution >= 4 is 5.91 Å². The van der Waals surface area contributed by atoms with Crippen molar-refractivity contribution in [3.8, 4) is 0 Å². The molecule has 2 rings (SSSR count). The Morgan fingerprint density at radius 3 is 3.07 bits per heavy atom. The molecule has 0 saturated carbocycles. The van der Waals surface area contributed by atoms with E-state index in [4.69, 9.17) is 8.94 Å². The van der Waals surface area contributed by atoms with Crippen molar-refractivity contribution in [2.75, 3.05) is 0 Å². The third-order valence-electron chi connectivity index (χ3n) is 2.00. The summed E-state index contributed by atoms with van der Waals surface area (Å²) in [6.07, 6.45) is 2.96. The lowest BCUT2D eigenvalue weighted by Gasteiger charge is -2.00. The zero-order valence-corrected chi connectivity index (χ0v) is 8.19. The molecule has 0 spiro atoms. The van der Waals surface area contributed by atoms with E-state index in [9.17, 15) is 4.79 Å². The van der Waals surface area contributed by atoms with Gasteiger partial charge in [0.1, 0.15) is 17.1 Å². The van der Waals surface area contributed by atoms with E-state index in [1.165, 1.54) is 6.20 Å². The van der Waals surface area contributed by atoms with Crippen molar-refractivity contribution in [3.05, 3.63) is 41.7 Å². The first-order valence-electron chi connectivity index (χ1n) is 4.49. The number of aryl methyl sites for hydroxylation is 1. The normalized spacial score (nSPS) is 10.2. The molecule has 0 radical (unpaired) electrons. The Labute approximate surface area is 86.1 Å². The number of rotatable bonds is 3. The minimum Gasteiger partial charge on any atom is -0.467 e. The van der Waals surface area contributed by atoms with Crippen LogP contribution in [0.2, 0.25) is 0 Å². The summed E-state index contributed by atoms with van der Waals surface area (Å²) >= 11 is 0.